The van der Waals surface area contributed by atoms with Crippen molar-refractivity contribution in [3.63, 3.8) is 0 Å². The molecule has 4 rings (SSSR count). The van der Waals surface area contributed by atoms with Gasteiger partial charge in [-0.25, -0.2) is 0 Å². The summed E-state index contributed by atoms with van der Waals surface area (Å²) in [6, 6.07) is 12.7. The molecule has 2 aromatic rings. The van der Waals surface area contributed by atoms with Crippen molar-refractivity contribution < 1.29 is 27.0 Å². The van der Waals surface area contributed by atoms with Crippen LogP contribution in [-0.2, 0) is 0 Å². The number of nitrogens with one attached hydrogen (secondary N) is 2. The number of alkyl halides is 4. The van der Waals surface area contributed by atoms with Crippen LogP contribution < -0.4 is 20.1 Å². The average molecular weight is 464 g/mol. The molecule has 0 saturated carbocycles. The van der Waals surface area contributed by atoms with Crippen molar-refractivity contribution in [2.24, 2.45) is 0 Å². The fourth-order valence-corrected chi connectivity index (χ4v) is 4.29. The smallest absolute Gasteiger partial charge is 0.387 e. The zero-order valence-corrected chi connectivity index (χ0v) is 17.6. The van der Waals surface area contributed by atoms with Crippen molar-refractivity contribution in [1.29, 1.82) is 0 Å². The standard InChI is InChI=1S/C23H20F4N2O2S/c24-21(25)30-17-10-3-1-6-13(17)12-14-7-5-9-16-19(14)28-23(32)29-20(16)15-8-2-4-11-18(15)31-22(26)27/h1-4,6,8,10-12,20-22H,5,7,9H2,(H2,28,29,32)/b14-12+. The van der Waals surface area contributed by atoms with Gasteiger partial charge in [0.15, 0.2) is 5.11 Å². The first-order chi connectivity index (χ1) is 15.4. The van der Waals surface area contributed by atoms with Crippen LogP contribution in [0, 0.1) is 0 Å². The highest BCUT2D eigenvalue weighted by atomic mass is 32.1. The number of hydrogen-bond donors (Lipinski definition) is 2. The third-order valence-electron chi connectivity index (χ3n) is 5.31. The van der Waals surface area contributed by atoms with E-state index in [1.165, 1.54) is 12.1 Å². The van der Waals surface area contributed by atoms with Gasteiger partial charge in [-0.3, -0.25) is 0 Å². The molecule has 168 valence electrons. The van der Waals surface area contributed by atoms with Gasteiger partial charge in [0, 0.05) is 16.8 Å². The minimum atomic E-state index is -2.95. The highest BCUT2D eigenvalue weighted by Crippen LogP contribution is 2.41. The topological polar surface area (TPSA) is 42.5 Å². The van der Waals surface area contributed by atoms with Crippen molar-refractivity contribution in [3.8, 4) is 11.5 Å². The number of ether oxygens (including phenoxy) is 2. The minimum absolute atomic E-state index is 0.0725. The number of halogens is 4. The molecule has 2 aliphatic rings. The normalized spacial score (nSPS) is 19.6. The molecule has 1 unspecified atom stereocenters. The molecule has 0 spiro atoms. The predicted molar refractivity (Wildman–Crippen MR) is 117 cm³/mol. The summed E-state index contributed by atoms with van der Waals surface area (Å²) >= 11 is 5.39. The van der Waals surface area contributed by atoms with Gasteiger partial charge < -0.3 is 20.1 Å². The third kappa shape index (κ3) is 4.88. The van der Waals surface area contributed by atoms with E-state index >= 15 is 0 Å². The highest BCUT2D eigenvalue weighted by Gasteiger charge is 2.32. The van der Waals surface area contributed by atoms with Gasteiger partial charge in [0.2, 0.25) is 0 Å². The number of allylic oxidation sites excluding steroid dienone is 1. The zero-order valence-electron chi connectivity index (χ0n) is 16.8. The van der Waals surface area contributed by atoms with Crippen molar-refractivity contribution in [2.45, 2.75) is 38.5 Å². The Bertz CT molecular complexity index is 1070. The molecule has 32 heavy (non-hydrogen) atoms. The molecule has 0 fully saturated rings. The summed E-state index contributed by atoms with van der Waals surface area (Å²) in [5.41, 5.74) is 3.64. The molecular weight excluding hydrogens is 444 g/mol. The van der Waals surface area contributed by atoms with Crippen molar-refractivity contribution >= 4 is 23.4 Å². The molecule has 2 N–H and O–H groups in total. The van der Waals surface area contributed by atoms with E-state index < -0.39 is 19.3 Å². The second-order valence-corrected chi connectivity index (χ2v) is 7.70. The molecule has 0 saturated heterocycles. The maximum Gasteiger partial charge on any atom is 0.387 e. The maximum absolute atomic E-state index is 12.9. The van der Waals surface area contributed by atoms with E-state index in [9.17, 15) is 17.6 Å². The van der Waals surface area contributed by atoms with Crippen LogP contribution in [0.5, 0.6) is 11.5 Å². The van der Waals surface area contributed by atoms with Gasteiger partial charge in [-0.05, 0) is 60.8 Å². The molecule has 2 aromatic carbocycles. The van der Waals surface area contributed by atoms with Crippen LogP contribution in [0.25, 0.3) is 6.08 Å². The van der Waals surface area contributed by atoms with E-state index in [0.717, 1.165) is 23.3 Å². The van der Waals surface area contributed by atoms with Gasteiger partial charge in [0.1, 0.15) is 11.5 Å². The van der Waals surface area contributed by atoms with Crippen LogP contribution in [0.1, 0.15) is 36.4 Å². The molecule has 0 bridgehead atoms. The van der Waals surface area contributed by atoms with Crippen LogP contribution in [0.15, 0.2) is 65.4 Å². The summed E-state index contributed by atoms with van der Waals surface area (Å²) < 4.78 is 60.9. The van der Waals surface area contributed by atoms with Gasteiger partial charge in [0.25, 0.3) is 0 Å². The molecule has 0 radical (unpaired) electrons. The van der Waals surface area contributed by atoms with E-state index in [1.807, 2.05) is 0 Å². The van der Waals surface area contributed by atoms with Crippen LogP contribution in [0.4, 0.5) is 17.6 Å². The quantitative estimate of drug-likeness (QED) is 0.410. The lowest BCUT2D eigenvalue weighted by Gasteiger charge is -2.36. The summed E-state index contributed by atoms with van der Waals surface area (Å²) in [6.45, 7) is -5.89. The Labute approximate surface area is 187 Å². The van der Waals surface area contributed by atoms with Crippen LogP contribution in [0.3, 0.4) is 0 Å². The molecule has 1 heterocycles. The molecular formula is C23H20F4N2O2S. The van der Waals surface area contributed by atoms with E-state index in [-0.39, 0.29) is 11.5 Å². The van der Waals surface area contributed by atoms with Crippen LogP contribution >= 0.6 is 12.2 Å². The monoisotopic (exact) mass is 464 g/mol. The molecule has 1 aliphatic carbocycles. The number of thiocarbonyl (C=S) groups is 1. The zero-order chi connectivity index (χ0) is 22.7. The average Bonchev–Trinajstić information content (AvgIpc) is 2.75. The maximum atomic E-state index is 12.9. The van der Waals surface area contributed by atoms with Gasteiger partial charge in [0.05, 0.1) is 6.04 Å². The Morgan fingerprint density at radius 2 is 1.56 bits per heavy atom. The second-order valence-electron chi connectivity index (χ2n) is 7.29. The number of benzene rings is 2. The summed E-state index contributed by atoms with van der Waals surface area (Å²) in [6.07, 6.45) is 4.00. The van der Waals surface area contributed by atoms with Gasteiger partial charge in [-0.15, -0.1) is 0 Å². The van der Waals surface area contributed by atoms with Crippen molar-refractivity contribution in [3.05, 3.63) is 76.5 Å². The van der Waals surface area contributed by atoms with E-state index in [0.29, 0.717) is 29.1 Å². The first-order valence-corrected chi connectivity index (χ1v) is 10.4. The van der Waals surface area contributed by atoms with Gasteiger partial charge in [-0.2, -0.15) is 17.6 Å². The Kier molecular flexibility index (Phi) is 6.64. The Balaban J connectivity index is 1.76. The third-order valence-corrected chi connectivity index (χ3v) is 5.53. The molecule has 9 heteroatoms. The van der Waals surface area contributed by atoms with Gasteiger partial charge >= 0.3 is 13.2 Å². The fourth-order valence-electron chi connectivity index (χ4n) is 4.07. The second kappa shape index (κ2) is 9.60. The SMILES string of the molecule is FC(F)Oc1ccccc1/C=C1\CCCC2=C1NC(=S)NC2c1ccccc1OC(F)F. The first-order valence-electron chi connectivity index (χ1n) is 10.0. The molecule has 0 aromatic heterocycles. The molecule has 0 amide bonds. The van der Waals surface area contributed by atoms with E-state index in [2.05, 4.69) is 15.4 Å². The predicted octanol–water partition coefficient (Wildman–Crippen LogP) is 5.93. The minimum Gasteiger partial charge on any atom is -0.434 e. The lowest BCUT2D eigenvalue weighted by molar-refractivity contribution is -0.0510. The van der Waals surface area contributed by atoms with Crippen molar-refractivity contribution in [1.82, 2.24) is 10.6 Å². The number of rotatable bonds is 6. The molecule has 1 atom stereocenters. The lowest BCUT2D eigenvalue weighted by Crippen LogP contribution is -2.45. The Morgan fingerprint density at radius 3 is 2.31 bits per heavy atom. The first kappa shape index (κ1) is 22.1. The summed E-state index contributed by atoms with van der Waals surface area (Å²) in [4.78, 5) is 0. The molecule has 1 aliphatic heterocycles. The summed E-state index contributed by atoms with van der Waals surface area (Å²) in [5, 5.41) is 6.65. The summed E-state index contributed by atoms with van der Waals surface area (Å²) in [5.74, 6) is 0.148. The van der Waals surface area contributed by atoms with Crippen molar-refractivity contribution in [2.75, 3.05) is 0 Å². The Morgan fingerprint density at radius 1 is 0.906 bits per heavy atom. The lowest BCUT2D eigenvalue weighted by atomic mass is 9.83. The van der Waals surface area contributed by atoms with Gasteiger partial charge in [-0.1, -0.05) is 36.4 Å². The highest BCUT2D eigenvalue weighted by molar-refractivity contribution is 7.80. The number of para-hydroxylation sites is 2. The van der Waals surface area contributed by atoms with E-state index in [1.54, 1.807) is 42.5 Å². The molecule has 4 nitrogen and oxygen atoms in total. The number of hydrogen-bond acceptors (Lipinski definition) is 3. The van der Waals surface area contributed by atoms with E-state index in [4.69, 9.17) is 17.0 Å². The Hall–Kier alpha value is -3.07. The van der Waals surface area contributed by atoms with Crippen LogP contribution in [0.2, 0.25) is 0 Å². The largest absolute Gasteiger partial charge is 0.434 e. The van der Waals surface area contributed by atoms with Crippen LogP contribution in [-0.4, -0.2) is 18.3 Å². The fraction of sp³-hybridized carbons (Fsp3) is 0.261. The summed E-state index contributed by atoms with van der Waals surface area (Å²) in [7, 11) is 0.